The fourth-order valence-electron chi connectivity index (χ4n) is 3.48. The molecule has 1 saturated heterocycles. The summed E-state index contributed by atoms with van der Waals surface area (Å²) >= 11 is 0. The molecular weight excluding hydrogens is 451 g/mol. The number of hydrogen-bond acceptors (Lipinski definition) is 4. The van der Waals surface area contributed by atoms with Crippen LogP contribution in [0.2, 0.25) is 0 Å². The molecule has 2 amide bonds. The monoisotopic (exact) mass is 470 g/mol. The summed E-state index contributed by atoms with van der Waals surface area (Å²) in [7, 11) is -4.01. The van der Waals surface area contributed by atoms with Gasteiger partial charge in [-0.1, -0.05) is 0 Å². The third-order valence-corrected chi connectivity index (χ3v) is 5.99. The predicted molar refractivity (Wildman–Crippen MR) is 99.0 cm³/mol. The van der Waals surface area contributed by atoms with Crippen LogP contribution in [-0.4, -0.2) is 44.1 Å². The van der Waals surface area contributed by atoms with Gasteiger partial charge in [0.2, 0.25) is 0 Å². The second-order valence-electron chi connectivity index (χ2n) is 7.19. The highest BCUT2D eigenvalue weighted by molar-refractivity contribution is 7.86. The Balaban J connectivity index is 1.83. The maximum absolute atomic E-state index is 13.9. The minimum Gasteiger partial charge on any atom is -0.455 e. The van der Waals surface area contributed by atoms with E-state index in [0.29, 0.717) is 18.9 Å². The molecule has 2 heterocycles. The number of urea groups is 1. The van der Waals surface area contributed by atoms with Gasteiger partial charge in [0.05, 0.1) is 0 Å². The lowest BCUT2D eigenvalue weighted by Gasteiger charge is -2.31. The summed E-state index contributed by atoms with van der Waals surface area (Å²) in [5.74, 6) is -2.97. The number of rotatable bonds is 4. The molecule has 1 aliphatic heterocycles. The van der Waals surface area contributed by atoms with Crippen molar-refractivity contribution in [2.45, 2.75) is 38.0 Å². The van der Waals surface area contributed by atoms with Gasteiger partial charge in [-0.2, -0.15) is 25.9 Å². The predicted octanol–water partition coefficient (Wildman–Crippen LogP) is 2.59. The lowest BCUT2D eigenvalue weighted by molar-refractivity contribution is -0.158. The Morgan fingerprint density at radius 3 is 2.61 bits per heavy atom. The molecule has 1 aromatic carbocycles. The molecule has 8 nitrogen and oxygen atoms in total. The van der Waals surface area contributed by atoms with E-state index in [-0.39, 0.29) is 24.0 Å². The highest BCUT2D eigenvalue weighted by Crippen LogP contribution is 2.39. The van der Waals surface area contributed by atoms with E-state index in [0.717, 1.165) is 10.4 Å². The number of carbonyl (C=O) groups excluding carboxylic acids is 1. The highest BCUT2D eigenvalue weighted by atomic mass is 32.2. The molecular formula is C17H19F5N4O4S. The summed E-state index contributed by atoms with van der Waals surface area (Å²) in [4.78, 5) is 12.2. The molecule has 1 aromatic heterocycles. The van der Waals surface area contributed by atoms with E-state index in [4.69, 9.17) is 9.56 Å². The van der Waals surface area contributed by atoms with Crippen LogP contribution in [0, 0.1) is 18.6 Å². The molecule has 0 bridgehead atoms. The molecule has 4 N–H and O–H groups in total. The molecule has 1 aliphatic rings. The molecule has 1 fully saturated rings. The number of amides is 2. The second kappa shape index (κ2) is 8.24. The molecule has 0 radical (unpaired) electrons. The standard InChI is InChI=1S/C17H19F5N4O4S/c1-8-11-5-9(18)6-12(19)14(11)30-13(8)15(17(20,21)22)25-16(27)24-10-3-2-4-26(7-10)31(23,28)29/h5-6,10,15H,2-4,7H2,1H3,(H2,23,28,29)(H2,24,25,27)/t10-,15+/m0/s1. The Labute approximate surface area is 173 Å². The zero-order valence-corrected chi connectivity index (χ0v) is 16.9. The van der Waals surface area contributed by atoms with Crippen LogP contribution in [0.3, 0.4) is 0 Å². The van der Waals surface area contributed by atoms with Crippen molar-refractivity contribution in [3.8, 4) is 0 Å². The third kappa shape index (κ3) is 5.07. The third-order valence-electron chi connectivity index (χ3n) is 4.94. The summed E-state index contributed by atoms with van der Waals surface area (Å²) in [6.45, 7) is 1.12. The van der Waals surface area contributed by atoms with Crippen molar-refractivity contribution in [2.24, 2.45) is 5.14 Å². The molecule has 14 heteroatoms. The van der Waals surface area contributed by atoms with Crippen molar-refractivity contribution in [3.05, 3.63) is 35.1 Å². The van der Waals surface area contributed by atoms with Crippen LogP contribution in [0.25, 0.3) is 11.0 Å². The molecule has 0 aliphatic carbocycles. The smallest absolute Gasteiger partial charge is 0.416 e. The quantitative estimate of drug-likeness (QED) is 0.596. The fraction of sp³-hybridized carbons (Fsp3) is 0.471. The Kier molecular flexibility index (Phi) is 6.17. The van der Waals surface area contributed by atoms with Crippen LogP contribution < -0.4 is 15.8 Å². The van der Waals surface area contributed by atoms with Gasteiger partial charge >= 0.3 is 12.2 Å². The molecule has 3 rings (SSSR count). The molecule has 0 spiro atoms. The van der Waals surface area contributed by atoms with E-state index < -0.39 is 57.5 Å². The Morgan fingerprint density at radius 2 is 2.00 bits per heavy atom. The zero-order chi connectivity index (χ0) is 23.1. The van der Waals surface area contributed by atoms with Gasteiger partial charge in [0, 0.05) is 36.1 Å². The molecule has 0 saturated carbocycles. The van der Waals surface area contributed by atoms with E-state index in [1.165, 1.54) is 6.92 Å². The van der Waals surface area contributed by atoms with Gasteiger partial charge in [-0.3, -0.25) is 0 Å². The summed E-state index contributed by atoms with van der Waals surface area (Å²) in [6, 6.07) is -3.37. The first-order chi connectivity index (χ1) is 14.3. The highest BCUT2D eigenvalue weighted by Gasteiger charge is 2.45. The van der Waals surface area contributed by atoms with Crippen molar-refractivity contribution >= 4 is 27.2 Å². The van der Waals surface area contributed by atoms with Crippen LogP contribution in [0.4, 0.5) is 26.7 Å². The number of piperidine rings is 1. The van der Waals surface area contributed by atoms with E-state index in [1.807, 2.05) is 0 Å². The van der Waals surface area contributed by atoms with Crippen molar-refractivity contribution in [2.75, 3.05) is 13.1 Å². The fourth-order valence-corrected chi connectivity index (χ4v) is 4.25. The Morgan fingerprint density at radius 1 is 1.32 bits per heavy atom. The maximum Gasteiger partial charge on any atom is 0.416 e. The lowest BCUT2D eigenvalue weighted by Crippen LogP contribution is -2.54. The number of halogens is 5. The molecule has 2 aromatic rings. The number of carbonyl (C=O) groups is 1. The topological polar surface area (TPSA) is 118 Å². The van der Waals surface area contributed by atoms with Crippen molar-refractivity contribution in [1.29, 1.82) is 0 Å². The summed E-state index contributed by atoms with van der Waals surface area (Å²) in [5.41, 5.74) is -0.754. The van der Waals surface area contributed by atoms with Gasteiger partial charge in [0.15, 0.2) is 17.4 Å². The van der Waals surface area contributed by atoms with Gasteiger partial charge in [-0.05, 0) is 25.8 Å². The van der Waals surface area contributed by atoms with Crippen LogP contribution in [0.15, 0.2) is 16.5 Å². The van der Waals surface area contributed by atoms with Gasteiger partial charge < -0.3 is 15.1 Å². The minimum absolute atomic E-state index is 0.129. The number of nitrogens with one attached hydrogen (secondary N) is 2. The van der Waals surface area contributed by atoms with E-state index in [1.54, 1.807) is 5.32 Å². The Bertz CT molecular complexity index is 1100. The number of nitrogens with two attached hydrogens (primary N) is 1. The SMILES string of the molecule is Cc1c([C@@H](NC(=O)N[C@H]2CCCN(S(N)(=O)=O)C2)C(F)(F)F)oc2c(F)cc(F)cc12. The van der Waals surface area contributed by atoms with Crippen molar-refractivity contribution in [1.82, 2.24) is 14.9 Å². The summed E-state index contributed by atoms with van der Waals surface area (Å²) in [6.07, 6.45) is -4.36. The van der Waals surface area contributed by atoms with E-state index in [9.17, 15) is 35.2 Å². The number of hydrogen-bond donors (Lipinski definition) is 3. The first kappa shape index (κ1) is 23.2. The van der Waals surface area contributed by atoms with Crippen molar-refractivity contribution in [3.63, 3.8) is 0 Å². The van der Waals surface area contributed by atoms with Crippen LogP contribution in [-0.2, 0) is 10.2 Å². The maximum atomic E-state index is 13.9. The summed E-state index contributed by atoms with van der Waals surface area (Å²) < 4.78 is 97.2. The Hall–Kier alpha value is -2.45. The van der Waals surface area contributed by atoms with Gasteiger partial charge in [0.1, 0.15) is 11.6 Å². The number of benzene rings is 1. The van der Waals surface area contributed by atoms with E-state index >= 15 is 0 Å². The molecule has 172 valence electrons. The van der Waals surface area contributed by atoms with Gasteiger partial charge in [0.25, 0.3) is 10.2 Å². The first-order valence-electron chi connectivity index (χ1n) is 9.07. The number of nitrogens with zero attached hydrogens (tertiary/aromatic N) is 1. The van der Waals surface area contributed by atoms with Gasteiger partial charge in [-0.15, -0.1) is 0 Å². The average molecular weight is 470 g/mol. The molecule has 0 unspecified atom stereocenters. The second-order valence-corrected chi connectivity index (χ2v) is 8.74. The van der Waals surface area contributed by atoms with Crippen LogP contribution in [0.1, 0.15) is 30.2 Å². The van der Waals surface area contributed by atoms with Gasteiger partial charge in [-0.25, -0.2) is 18.7 Å². The molecule has 2 atom stereocenters. The average Bonchev–Trinajstić information content (AvgIpc) is 2.95. The molecule has 31 heavy (non-hydrogen) atoms. The first-order valence-corrected chi connectivity index (χ1v) is 10.6. The number of furan rings is 1. The largest absolute Gasteiger partial charge is 0.455 e. The van der Waals surface area contributed by atoms with Crippen LogP contribution in [0.5, 0.6) is 0 Å². The van der Waals surface area contributed by atoms with Crippen LogP contribution >= 0.6 is 0 Å². The van der Waals surface area contributed by atoms with Crippen molar-refractivity contribution < 1.29 is 39.6 Å². The summed E-state index contributed by atoms with van der Waals surface area (Å²) in [5, 5.41) is 8.86. The number of alkyl halides is 3. The van der Waals surface area contributed by atoms with E-state index in [2.05, 4.69) is 5.32 Å². The number of aryl methyl sites for hydroxylation is 1. The number of fused-ring (bicyclic) bond motifs is 1. The lowest BCUT2D eigenvalue weighted by atomic mass is 10.1. The zero-order valence-electron chi connectivity index (χ0n) is 16.1. The normalized spacial score (nSPS) is 19.4. The minimum atomic E-state index is -5.02.